The topological polar surface area (TPSA) is 41.1 Å². The predicted molar refractivity (Wildman–Crippen MR) is 96.7 cm³/mol. The summed E-state index contributed by atoms with van der Waals surface area (Å²) in [5, 5.41) is 8.63. The summed E-state index contributed by atoms with van der Waals surface area (Å²) in [6.07, 6.45) is 2.70. The molecule has 1 amide bonds. The van der Waals surface area contributed by atoms with Gasteiger partial charge in [0, 0.05) is 10.9 Å². The van der Waals surface area contributed by atoms with Crippen LogP contribution in [0.5, 0.6) is 0 Å². The fourth-order valence-corrected chi connectivity index (χ4v) is 3.94. The molecular formula is C19H24N2OS. The molecule has 3 rings (SSSR count). The smallest absolute Gasteiger partial charge is 0.240 e. The molecule has 1 atom stereocenters. The maximum Gasteiger partial charge on any atom is 0.240 e. The van der Waals surface area contributed by atoms with Crippen molar-refractivity contribution in [1.29, 1.82) is 0 Å². The van der Waals surface area contributed by atoms with Crippen LogP contribution in [-0.2, 0) is 11.2 Å². The Labute approximate surface area is 142 Å². The lowest BCUT2D eigenvalue weighted by Crippen LogP contribution is -2.56. The van der Waals surface area contributed by atoms with E-state index in [0.717, 1.165) is 25.8 Å². The molecule has 1 aliphatic heterocycles. The molecule has 1 aliphatic rings. The van der Waals surface area contributed by atoms with Gasteiger partial charge in [-0.3, -0.25) is 4.79 Å². The van der Waals surface area contributed by atoms with Gasteiger partial charge >= 0.3 is 0 Å². The van der Waals surface area contributed by atoms with Crippen LogP contribution in [0.15, 0.2) is 41.8 Å². The maximum absolute atomic E-state index is 12.7. The van der Waals surface area contributed by atoms with Crippen LogP contribution in [-0.4, -0.2) is 24.0 Å². The van der Waals surface area contributed by atoms with Crippen molar-refractivity contribution in [3.63, 3.8) is 0 Å². The van der Waals surface area contributed by atoms with Crippen LogP contribution in [0.25, 0.3) is 10.4 Å². The second-order valence-corrected chi connectivity index (χ2v) is 7.54. The Bertz CT molecular complexity index is 641. The highest BCUT2D eigenvalue weighted by molar-refractivity contribution is 7.13. The van der Waals surface area contributed by atoms with E-state index >= 15 is 0 Å². The molecule has 1 aromatic carbocycles. The van der Waals surface area contributed by atoms with Crippen molar-refractivity contribution in [1.82, 2.24) is 10.6 Å². The molecule has 0 radical (unpaired) electrons. The highest BCUT2D eigenvalue weighted by atomic mass is 32.1. The van der Waals surface area contributed by atoms with Crippen molar-refractivity contribution in [2.75, 3.05) is 6.54 Å². The molecule has 4 heteroatoms. The van der Waals surface area contributed by atoms with Crippen molar-refractivity contribution in [3.05, 3.63) is 47.3 Å². The Morgan fingerprint density at radius 3 is 2.65 bits per heavy atom. The van der Waals surface area contributed by atoms with Gasteiger partial charge in [0.15, 0.2) is 0 Å². The number of amides is 1. The third kappa shape index (κ3) is 3.65. The first-order valence-electron chi connectivity index (χ1n) is 8.28. The number of hydrogen-bond acceptors (Lipinski definition) is 3. The summed E-state index contributed by atoms with van der Waals surface area (Å²) >= 11 is 1.75. The van der Waals surface area contributed by atoms with E-state index in [0.29, 0.717) is 0 Å². The van der Waals surface area contributed by atoms with Gasteiger partial charge in [0.25, 0.3) is 0 Å². The third-order valence-corrected chi connectivity index (χ3v) is 5.28. The van der Waals surface area contributed by atoms with Gasteiger partial charge in [0.05, 0.1) is 0 Å². The largest absolute Gasteiger partial charge is 0.352 e. The van der Waals surface area contributed by atoms with Gasteiger partial charge in [0.2, 0.25) is 5.91 Å². The molecule has 122 valence electrons. The number of rotatable bonds is 5. The molecule has 2 aromatic rings. The molecule has 23 heavy (non-hydrogen) atoms. The first kappa shape index (κ1) is 16.2. The van der Waals surface area contributed by atoms with Crippen LogP contribution < -0.4 is 10.6 Å². The van der Waals surface area contributed by atoms with Gasteiger partial charge < -0.3 is 10.6 Å². The van der Waals surface area contributed by atoms with E-state index in [1.807, 2.05) is 13.8 Å². The van der Waals surface area contributed by atoms with E-state index in [4.69, 9.17) is 0 Å². The lowest BCUT2D eigenvalue weighted by Gasteiger charge is -2.29. The summed E-state index contributed by atoms with van der Waals surface area (Å²) in [6.45, 7) is 4.94. The Kier molecular flexibility index (Phi) is 4.83. The quantitative estimate of drug-likeness (QED) is 0.880. The fraction of sp³-hybridized carbons (Fsp3) is 0.421. The van der Waals surface area contributed by atoms with Crippen LogP contribution in [0.2, 0.25) is 0 Å². The zero-order valence-electron chi connectivity index (χ0n) is 13.8. The first-order chi connectivity index (χ1) is 11.1. The van der Waals surface area contributed by atoms with Gasteiger partial charge in [-0.05, 0) is 62.2 Å². The van der Waals surface area contributed by atoms with Crippen LogP contribution in [0.3, 0.4) is 0 Å². The Hall–Kier alpha value is -1.65. The van der Waals surface area contributed by atoms with E-state index in [-0.39, 0.29) is 11.9 Å². The van der Waals surface area contributed by atoms with Gasteiger partial charge in [-0.1, -0.05) is 30.3 Å². The molecule has 0 bridgehead atoms. The highest BCUT2D eigenvalue weighted by Crippen LogP contribution is 2.28. The number of hydrogen-bond donors (Lipinski definition) is 2. The molecule has 0 spiro atoms. The van der Waals surface area contributed by atoms with Crippen LogP contribution >= 0.6 is 11.3 Å². The maximum atomic E-state index is 12.7. The summed E-state index contributed by atoms with van der Waals surface area (Å²) < 4.78 is 0. The van der Waals surface area contributed by atoms with Crippen LogP contribution in [0, 0.1) is 0 Å². The zero-order valence-corrected chi connectivity index (χ0v) is 14.6. The van der Waals surface area contributed by atoms with Gasteiger partial charge in [-0.25, -0.2) is 0 Å². The summed E-state index contributed by atoms with van der Waals surface area (Å²) in [4.78, 5) is 13.9. The number of benzene rings is 1. The third-order valence-electron chi connectivity index (χ3n) is 4.36. The number of carbonyl (C=O) groups is 1. The molecule has 1 fully saturated rings. The summed E-state index contributed by atoms with van der Waals surface area (Å²) in [7, 11) is 0. The van der Waals surface area contributed by atoms with Crippen LogP contribution in [0.4, 0.5) is 0 Å². The monoisotopic (exact) mass is 328 g/mol. The van der Waals surface area contributed by atoms with E-state index < -0.39 is 5.54 Å². The minimum absolute atomic E-state index is 0.132. The van der Waals surface area contributed by atoms with Crippen molar-refractivity contribution >= 4 is 17.2 Å². The number of thiophene rings is 1. The van der Waals surface area contributed by atoms with E-state index in [1.165, 1.54) is 16.0 Å². The van der Waals surface area contributed by atoms with E-state index in [9.17, 15) is 4.79 Å². The number of carbonyl (C=O) groups excluding carboxylic acids is 1. The Balaban J connectivity index is 1.77. The second kappa shape index (κ2) is 6.85. The van der Waals surface area contributed by atoms with E-state index in [2.05, 4.69) is 52.4 Å². The molecule has 0 aliphatic carbocycles. The predicted octanol–water partition coefficient (Wildman–Crippen LogP) is 3.60. The molecule has 1 aromatic heterocycles. The molecule has 2 N–H and O–H groups in total. The Morgan fingerprint density at radius 1 is 1.30 bits per heavy atom. The molecule has 1 unspecified atom stereocenters. The second-order valence-electron chi connectivity index (χ2n) is 6.59. The van der Waals surface area contributed by atoms with E-state index in [1.54, 1.807) is 11.3 Å². The lowest BCUT2D eigenvalue weighted by molar-refractivity contribution is -0.127. The molecular weight excluding hydrogens is 304 g/mol. The SMILES string of the molecule is CC(C)NC(=O)C1(Cc2ccc(-c3cccs3)cc2)CCCN1. The van der Waals surface area contributed by atoms with Crippen LogP contribution in [0.1, 0.15) is 32.3 Å². The fourth-order valence-electron chi connectivity index (χ4n) is 3.21. The average molecular weight is 328 g/mol. The van der Waals surface area contributed by atoms with Crippen molar-refractivity contribution in [2.24, 2.45) is 0 Å². The minimum Gasteiger partial charge on any atom is -0.352 e. The highest BCUT2D eigenvalue weighted by Gasteiger charge is 2.40. The van der Waals surface area contributed by atoms with Gasteiger partial charge in [0.1, 0.15) is 5.54 Å². The summed E-state index contributed by atoms with van der Waals surface area (Å²) in [5.74, 6) is 0.132. The summed E-state index contributed by atoms with van der Waals surface area (Å²) in [6, 6.07) is 13.0. The zero-order chi connectivity index (χ0) is 16.3. The molecule has 3 nitrogen and oxygen atoms in total. The Morgan fingerprint density at radius 2 is 2.09 bits per heavy atom. The molecule has 0 saturated carbocycles. The lowest BCUT2D eigenvalue weighted by atomic mass is 9.87. The van der Waals surface area contributed by atoms with Crippen molar-refractivity contribution < 1.29 is 4.79 Å². The van der Waals surface area contributed by atoms with Crippen molar-refractivity contribution in [3.8, 4) is 10.4 Å². The van der Waals surface area contributed by atoms with Gasteiger partial charge in [-0.2, -0.15) is 0 Å². The normalized spacial score (nSPS) is 20.8. The summed E-state index contributed by atoms with van der Waals surface area (Å²) in [5.41, 5.74) is 2.00. The first-order valence-corrected chi connectivity index (χ1v) is 9.16. The van der Waals surface area contributed by atoms with Crippen molar-refractivity contribution in [2.45, 2.75) is 44.7 Å². The minimum atomic E-state index is -0.450. The standard InChI is InChI=1S/C19H24N2OS/c1-14(2)21-18(22)19(10-4-11-20-19)13-15-6-8-16(9-7-15)17-5-3-12-23-17/h3,5-9,12,14,20H,4,10-11,13H2,1-2H3,(H,21,22). The molecule has 2 heterocycles. The van der Waals surface area contributed by atoms with Gasteiger partial charge in [-0.15, -0.1) is 11.3 Å². The average Bonchev–Trinajstić information content (AvgIpc) is 3.19. The number of nitrogens with one attached hydrogen (secondary N) is 2. The molecule has 1 saturated heterocycles.